The second-order valence-electron chi connectivity index (χ2n) is 7.60. The molecule has 1 atom stereocenters. The van der Waals surface area contributed by atoms with Crippen molar-refractivity contribution in [2.24, 2.45) is 5.16 Å². The molecule has 3 aromatic carbocycles. The molecule has 2 amide bonds. The van der Waals surface area contributed by atoms with Crippen molar-refractivity contribution in [1.29, 1.82) is 0 Å². The van der Waals surface area contributed by atoms with Gasteiger partial charge in [0.1, 0.15) is 12.4 Å². The largest absolute Gasteiger partial charge is 0.489 e. The number of hydrogen-bond acceptors (Lipinski definition) is 6. The number of ether oxygens (including phenoxy) is 1. The van der Waals surface area contributed by atoms with Crippen LogP contribution in [0.1, 0.15) is 6.42 Å². The Morgan fingerprint density at radius 1 is 1.09 bits per heavy atom. The fourth-order valence-corrected chi connectivity index (χ4v) is 4.32. The topological polar surface area (TPSA) is 84.8 Å². The number of anilines is 1. The van der Waals surface area contributed by atoms with E-state index in [2.05, 4.69) is 32.9 Å². The number of aromatic nitrogens is 1. The molecule has 0 bridgehead atoms. The second kappa shape index (κ2) is 9.70. The van der Waals surface area contributed by atoms with Gasteiger partial charge in [-0.15, -0.1) is 11.3 Å². The zero-order chi connectivity index (χ0) is 22.5. The lowest BCUT2D eigenvalue weighted by Crippen LogP contribution is -2.33. The van der Waals surface area contributed by atoms with Crippen LogP contribution in [-0.2, 0) is 4.84 Å². The van der Waals surface area contributed by atoms with Crippen LogP contribution in [0.4, 0.5) is 10.5 Å². The van der Waals surface area contributed by atoms with Crippen LogP contribution >= 0.6 is 11.3 Å². The number of nitrogens with one attached hydrogen (secondary N) is 2. The molecule has 0 spiro atoms. The fourth-order valence-electron chi connectivity index (χ4n) is 3.60. The second-order valence-corrected chi connectivity index (χ2v) is 8.49. The summed E-state index contributed by atoms with van der Waals surface area (Å²) in [7, 11) is 0. The predicted molar refractivity (Wildman–Crippen MR) is 131 cm³/mol. The van der Waals surface area contributed by atoms with Gasteiger partial charge in [0, 0.05) is 17.7 Å². The van der Waals surface area contributed by atoms with Gasteiger partial charge >= 0.3 is 6.03 Å². The summed E-state index contributed by atoms with van der Waals surface area (Å²) < 4.78 is 7.08. The quantitative estimate of drug-likeness (QED) is 0.393. The van der Waals surface area contributed by atoms with Gasteiger partial charge in [-0.25, -0.2) is 9.78 Å². The Morgan fingerprint density at radius 2 is 1.94 bits per heavy atom. The third-order valence-corrected chi connectivity index (χ3v) is 6.02. The maximum atomic E-state index is 12.3. The molecule has 2 N–H and O–H groups in total. The van der Waals surface area contributed by atoms with Gasteiger partial charge in [-0.2, -0.15) is 0 Å². The van der Waals surface area contributed by atoms with Gasteiger partial charge in [-0.1, -0.05) is 53.7 Å². The number of thiazole rings is 1. The number of fused-ring (bicyclic) bond motifs is 1. The van der Waals surface area contributed by atoms with Crippen LogP contribution in [-0.4, -0.2) is 36.0 Å². The van der Waals surface area contributed by atoms with Crippen molar-refractivity contribution in [2.75, 3.05) is 18.5 Å². The van der Waals surface area contributed by atoms with Crippen molar-refractivity contribution in [1.82, 2.24) is 10.3 Å². The predicted octanol–water partition coefficient (Wildman–Crippen LogP) is 5.31. The van der Waals surface area contributed by atoms with Crippen LogP contribution in [0.5, 0.6) is 5.75 Å². The van der Waals surface area contributed by atoms with Gasteiger partial charge in [0.25, 0.3) is 0 Å². The average Bonchev–Trinajstić information content (AvgIpc) is 3.51. The highest BCUT2D eigenvalue weighted by Crippen LogP contribution is 2.30. The van der Waals surface area contributed by atoms with E-state index in [0.717, 1.165) is 38.5 Å². The van der Waals surface area contributed by atoms with E-state index in [-0.39, 0.29) is 12.1 Å². The molecule has 4 aromatic rings. The molecule has 5 rings (SSSR count). The Kier molecular flexibility index (Phi) is 6.16. The van der Waals surface area contributed by atoms with Crippen molar-refractivity contribution in [2.45, 2.75) is 12.5 Å². The Morgan fingerprint density at radius 3 is 2.85 bits per heavy atom. The standard InChI is InChI=1S/C25H22N4O3S/c30-25(28-18-10-11-22-24(13-18)33-16-27-22)26-14-19-12-20(32-29-19)15-31-23-9-5-4-8-21(23)17-6-2-1-3-7-17/h1-11,13,16,20H,12,14-15H2,(H2,26,28,30). The van der Waals surface area contributed by atoms with Crippen LogP contribution < -0.4 is 15.4 Å². The highest BCUT2D eigenvalue weighted by molar-refractivity contribution is 7.16. The van der Waals surface area contributed by atoms with Gasteiger partial charge in [-0.3, -0.25) is 0 Å². The average molecular weight is 459 g/mol. The van der Waals surface area contributed by atoms with Crippen molar-refractivity contribution in [3.05, 3.63) is 78.3 Å². The Hall–Kier alpha value is -3.91. The first-order valence-electron chi connectivity index (χ1n) is 10.6. The maximum absolute atomic E-state index is 12.3. The summed E-state index contributed by atoms with van der Waals surface area (Å²) in [5.41, 5.74) is 6.33. The molecule has 2 heterocycles. The zero-order valence-corrected chi connectivity index (χ0v) is 18.5. The molecule has 8 heteroatoms. The van der Waals surface area contributed by atoms with Crippen LogP contribution in [0, 0.1) is 0 Å². The summed E-state index contributed by atoms with van der Waals surface area (Å²) in [4.78, 5) is 22.0. The number of rotatable bonds is 7. The molecular weight excluding hydrogens is 436 g/mol. The molecule has 166 valence electrons. The van der Waals surface area contributed by atoms with Crippen LogP contribution in [0.15, 0.2) is 83.5 Å². The van der Waals surface area contributed by atoms with E-state index in [0.29, 0.717) is 19.6 Å². The fraction of sp³-hybridized carbons (Fsp3) is 0.160. The number of nitrogens with zero attached hydrogens (tertiary/aromatic N) is 2. The maximum Gasteiger partial charge on any atom is 0.319 e. The molecule has 0 saturated carbocycles. The molecule has 0 aliphatic carbocycles. The summed E-state index contributed by atoms with van der Waals surface area (Å²) in [5, 5.41) is 9.77. The number of oxime groups is 1. The highest BCUT2D eigenvalue weighted by Gasteiger charge is 2.22. The van der Waals surface area contributed by atoms with E-state index >= 15 is 0 Å². The minimum Gasteiger partial charge on any atom is -0.489 e. The lowest BCUT2D eigenvalue weighted by Gasteiger charge is -2.14. The smallest absolute Gasteiger partial charge is 0.319 e. The molecule has 33 heavy (non-hydrogen) atoms. The Balaban J connectivity index is 1.09. The molecular formula is C25H22N4O3S. The molecule has 0 fully saturated rings. The summed E-state index contributed by atoms with van der Waals surface area (Å²) in [6, 6.07) is 23.4. The molecule has 1 aliphatic heterocycles. The van der Waals surface area contributed by atoms with E-state index in [9.17, 15) is 4.79 Å². The Bertz CT molecular complexity index is 1290. The number of para-hydroxylation sites is 1. The summed E-state index contributed by atoms with van der Waals surface area (Å²) >= 11 is 1.53. The first-order chi connectivity index (χ1) is 16.2. The molecule has 0 saturated heterocycles. The van der Waals surface area contributed by atoms with Gasteiger partial charge in [-0.05, 0) is 29.8 Å². The van der Waals surface area contributed by atoms with Gasteiger partial charge < -0.3 is 20.2 Å². The van der Waals surface area contributed by atoms with Crippen molar-refractivity contribution < 1.29 is 14.4 Å². The minimum absolute atomic E-state index is 0.192. The van der Waals surface area contributed by atoms with E-state index in [1.807, 2.05) is 60.7 Å². The highest BCUT2D eigenvalue weighted by atomic mass is 32.1. The molecule has 1 unspecified atom stereocenters. The monoisotopic (exact) mass is 458 g/mol. The van der Waals surface area contributed by atoms with E-state index in [1.165, 1.54) is 11.3 Å². The molecule has 1 aromatic heterocycles. The lowest BCUT2D eigenvalue weighted by molar-refractivity contribution is 0.0472. The first kappa shape index (κ1) is 21.0. The van der Waals surface area contributed by atoms with Crippen LogP contribution in [0.3, 0.4) is 0 Å². The first-order valence-corrected chi connectivity index (χ1v) is 11.5. The van der Waals surface area contributed by atoms with Crippen molar-refractivity contribution in [3.63, 3.8) is 0 Å². The normalized spacial score (nSPS) is 15.0. The lowest BCUT2D eigenvalue weighted by atomic mass is 10.0. The number of benzene rings is 3. The minimum atomic E-state index is -0.293. The SMILES string of the molecule is O=C(NCC1=NOC(COc2ccccc2-c2ccccc2)C1)Nc1ccc2ncsc2c1. The van der Waals surface area contributed by atoms with Gasteiger partial charge in [0.05, 0.1) is 28.0 Å². The van der Waals surface area contributed by atoms with Gasteiger partial charge in [0.2, 0.25) is 0 Å². The summed E-state index contributed by atoms with van der Waals surface area (Å²) in [6.07, 6.45) is 0.406. The van der Waals surface area contributed by atoms with Crippen molar-refractivity contribution in [3.8, 4) is 16.9 Å². The molecule has 1 aliphatic rings. The summed E-state index contributed by atoms with van der Waals surface area (Å²) in [5.74, 6) is 0.802. The third-order valence-electron chi connectivity index (χ3n) is 5.23. The number of urea groups is 1. The zero-order valence-electron chi connectivity index (χ0n) is 17.7. The number of carbonyl (C=O) groups excluding carboxylic acids is 1. The van der Waals surface area contributed by atoms with Crippen molar-refractivity contribution >= 4 is 39.0 Å². The number of amides is 2. The third kappa shape index (κ3) is 5.12. The number of hydrogen-bond donors (Lipinski definition) is 2. The van der Waals surface area contributed by atoms with E-state index < -0.39 is 0 Å². The van der Waals surface area contributed by atoms with Crippen LogP contribution in [0.25, 0.3) is 21.3 Å². The van der Waals surface area contributed by atoms with E-state index in [1.54, 1.807) is 5.51 Å². The molecule has 7 nitrogen and oxygen atoms in total. The Labute approximate surface area is 195 Å². The summed E-state index contributed by atoms with van der Waals surface area (Å²) in [6.45, 7) is 0.684. The van der Waals surface area contributed by atoms with E-state index in [4.69, 9.17) is 9.57 Å². The van der Waals surface area contributed by atoms with Gasteiger partial charge in [0.15, 0.2) is 6.10 Å². The number of carbonyl (C=O) groups is 1. The van der Waals surface area contributed by atoms with Crippen LogP contribution in [0.2, 0.25) is 0 Å². The molecule has 0 radical (unpaired) electrons.